The molecule has 1 atom stereocenters. The summed E-state index contributed by atoms with van der Waals surface area (Å²) in [5.41, 5.74) is 1.90. The van der Waals surface area contributed by atoms with Gasteiger partial charge in [-0.05, 0) is 26.3 Å². The van der Waals surface area contributed by atoms with E-state index >= 15 is 0 Å². The van der Waals surface area contributed by atoms with Crippen molar-refractivity contribution >= 4 is 11.6 Å². The second-order valence-electron chi connectivity index (χ2n) is 7.22. The predicted molar refractivity (Wildman–Crippen MR) is 95.9 cm³/mol. The van der Waals surface area contributed by atoms with Crippen LogP contribution in [0.1, 0.15) is 25.8 Å². The predicted octanol–water partition coefficient (Wildman–Crippen LogP) is 3.72. The number of likely N-dealkylation sites (tertiary alicyclic amines) is 1. The molecule has 0 saturated carbocycles. The van der Waals surface area contributed by atoms with Gasteiger partial charge in [0.05, 0.1) is 17.2 Å². The minimum atomic E-state index is -0.295. The summed E-state index contributed by atoms with van der Waals surface area (Å²) in [5, 5.41) is 0.198. The molecular formula is C19H26ClFN2O. The summed E-state index contributed by atoms with van der Waals surface area (Å²) in [6.45, 7) is 10.2. The van der Waals surface area contributed by atoms with Gasteiger partial charge < -0.3 is 4.74 Å². The van der Waals surface area contributed by atoms with Crippen molar-refractivity contribution in [3.05, 3.63) is 46.3 Å². The standard InChI is InChI=1S/C19H26ClFN2O/c1-15(2)6-8-22-9-7-19(13-22)14-23(10-11-24-19)12-16-4-3-5-17(20)18(16)21/h3-6H,7-14H2,1-2H3. The summed E-state index contributed by atoms with van der Waals surface area (Å²) in [6, 6.07) is 5.23. The lowest BCUT2D eigenvalue weighted by molar-refractivity contribution is -0.103. The maximum Gasteiger partial charge on any atom is 0.146 e. The number of halogens is 2. The van der Waals surface area contributed by atoms with Gasteiger partial charge >= 0.3 is 0 Å². The highest BCUT2D eigenvalue weighted by molar-refractivity contribution is 6.30. The van der Waals surface area contributed by atoms with Crippen LogP contribution in [0, 0.1) is 5.82 Å². The molecule has 1 spiro atoms. The van der Waals surface area contributed by atoms with E-state index in [2.05, 4.69) is 29.7 Å². The molecule has 3 nitrogen and oxygen atoms in total. The molecule has 1 aromatic rings. The van der Waals surface area contributed by atoms with Gasteiger partial charge in [0.25, 0.3) is 0 Å². The second kappa shape index (κ2) is 7.52. The maximum absolute atomic E-state index is 14.2. The fraction of sp³-hybridized carbons (Fsp3) is 0.579. The molecule has 0 bridgehead atoms. The zero-order valence-corrected chi connectivity index (χ0v) is 15.3. The van der Waals surface area contributed by atoms with Crippen LogP contribution in [0.25, 0.3) is 0 Å². The van der Waals surface area contributed by atoms with Gasteiger partial charge in [-0.25, -0.2) is 4.39 Å². The molecule has 0 radical (unpaired) electrons. The van der Waals surface area contributed by atoms with Crippen LogP contribution < -0.4 is 0 Å². The van der Waals surface area contributed by atoms with Crippen LogP contribution in [0.5, 0.6) is 0 Å². The van der Waals surface area contributed by atoms with Gasteiger partial charge in [-0.3, -0.25) is 9.80 Å². The molecule has 24 heavy (non-hydrogen) atoms. The first kappa shape index (κ1) is 17.9. The molecule has 132 valence electrons. The van der Waals surface area contributed by atoms with Crippen molar-refractivity contribution in [2.75, 3.05) is 39.3 Å². The molecule has 2 saturated heterocycles. The summed E-state index contributed by atoms with van der Waals surface area (Å²) in [4.78, 5) is 4.74. The number of nitrogens with zero attached hydrogens (tertiary/aromatic N) is 2. The third-order valence-corrected chi connectivity index (χ3v) is 5.20. The summed E-state index contributed by atoms with van der Waals surface area (Å²) in [7, 11) is 0. The van der Waals surface area contributed by atoms with Crippen molar-refractivity contribution < 1.29 is 9.13 Å². The Morgan fingerprint density at radius 1 is 1.29 bits per heavy atom. The van der Waals surface area contributed by atoms with E-state index in [1.54, 1.807) is 6.07 Å². The van der Waals surface area contributed by atoms with Crippen molar-refractivity contribution in [2.24, 2.45) is 0 Å². The SMILES string of the molecule is CC(C)=CCN1CCC2(C1)CN(Cc1cccc(Cl)c1F)CCO2. The Labute approximate surface area is 149 Å². The van der Waals surface area contributed by atoms with E-state index in [9.17, 15) is 4.39 Å². The summed E-state index contributed by atoms with van der Waals surface area (Å²) in [5.74, 6) is -0.295. The van der Waals surface area contributed by atoms with Gasteiger partial charge in [-0.1, -0.05) is 35.4 Å². The molecule has 5 heteroatoms. The van der Waals surface area contributed by atoms with Crippen LogP contribution in [0.4, 0.5) is 4.39 Å². The zero-order chi connectivity index (χ0) is 17.2. The Morgan fingerprint density at radius 2 is 2.08 bits per heavy atom. The van der Waals surface area contributed by atoms with Crippen molar-refractivity contribution in [1.29, 1.82) is 0 Å². The van der Waals surface area contributed by atoms with Gasteiger partial charge in [0.15, 0.2) is 0 Å². The summed E-state index contributed by atoms with van der Waals surface area (Å²) >= 11 is 5.90. The fourth-order valence-electron chi connectivity index (χ4n) is 3.61. The van der Waals surface area contributed by atoms with Gasteiger partial charge in [-0.15, -0.1) is 0 Å². The van der Waals surface area contributed by atoms with E-state index in [4.69, 9.17) is 16.3 Å². The Balaban J connectivity index is 1.62. The van der Waals surface area contributed by atoms with Crippen LogP contribution in [0.2, 0.25) is 5.02 Å². The van der Waals surface area contributed by atoms with Crippen LogP contribution in [0.3, 0.4) is 0 Å². The van der Waals surface area contributed by atoms with Crippen molar-refractivity contribution in [3.63, 3.8) is 0 Å². The van der Waals surface area contributed by atoms with Crippen molar-refractivity contribution in [2.45, 2.75) is 32.4 Å². The van der Waals surface area contributed by atoms with Crippen LogP contribution in [-0.4, -0.2) is 54.7 Å². The Hall–Kier alpha value is -0.940. The minimum Gasteiger partial charge on any atom is -0.371 e. The third kappa shape index (κ3) is 4.17. The molecule has 0 amide bonds. The highest BCUT2D eigenvalue weighted by Crippen LogP contribution is 2.30. The Bertz CT molecular complexity index is 617. The lowest BCUT2D eigenvalue weighted by Crippen LogP contribution is -2.53. The highest BCUT2D eigenvalue weighted by atomic mass is 35.5. The number of morpholine rings is 1. The normalized spacial score (nSPS) is 25.3. The van der Waals surface area contributed by atoms with E-state index < -0.39 is 0 Å². The molecule has 2 fully saturated rings. The quantitative estimate of drug-likeness (QED) is 0.768. The molecule has 2 aliphatic rings. The first-order valence-corrected chi connectivity index (χ1v) is 9.00. The van der Waals surface area contributed by atoms with Gasteiger partial charge in [-0.2, -0.15) is 0 Å². The van der Waals surface area contributed by atoms with E-state index in [0.29, 0.717) is 18.7 Å². The monoisotopic (exact) mass is 352 g/mol. The summed E-state index contributed by atoms with van der Waals surface area (Å²) < 4.78 is 20.3. The van der Waals surface area contributed by atoms with E-state index in [-0.39, 0.29) is 16.4 Å². The molecule has 1 unspecified atom stereocenters. The van der Waals surface area contributed by atoms with E-state index in [0.717, 1.165) is 39.1 Å². The van der Waals surface area contributed by atoms with Crippen LogP contribution in [-0.2, 0) is 11.3 Å². The number of allylic oxidation sites excluding steroid dienone is 1. The number of hydrogen-bond donors (Lipinski definition) is 0. The second-order valence-corrected chi connectivity index (χ2v) is 7.63. The number of benzene rings is 1. The Morgan fingerprint density at radius 3 is 2.88 bits per heavy atom. The topological polar surface area (TPSA) is 15.7 Å². The van der Waals surface area contributed by atoms with Gasteiger partial charge in [0, 0.05) is 44.8 Å². The van der Waals surface area contributed by atoms with E-state index in [1.807, 2.05) is 12.1 Å². The molecular weight excluding hydrogens is 327 g/mol. The molecule has 0 N–H and O–H groups in total. The smallest absolute Gasteiger partial charge is 0.146 e. The summed E-state index contributed by atoms with van der Waals surface area (Å²) in [6.07, 6.45) is 3.30. The van der Waals surface area contributed by atoms with Crippen LogP contribution >= 0.6 is 11.6 Å². The van der Waals surface area contributed by atoms with Crippen molar-refractivity contribution in [3.8, 4) is 0 Å². The lowest BCUT2D eigenvalue weighted by Gasteiger charge is -2.40. The number of hydrogen-bond acceptors (Lipinski definition) is 3. The molecule has 0 aliphatic carbocycles. The largest absolute Gasteiger partial charge is 0.371 e. The number of rotatable bonds is 4. The highest BCUT2D eigenvalue weighted by Gasteiger charge is 2.42. The first-order valence-electron chi connectivity index (χ1n) is 8.62. The number of ether oxygens (including phenoxy) is 1. The molecule has 2 heterocycles. The fourth-order valence-corrected chi connectivity index (χ4v) is 3.81. The lowest BCUT2D eigenvalue weighted by atomic mass is 10.00. The van der Waals surface area contributed by atoms with Gasteiger partial charge in [0.1, 0.15) is 5.82 Å². The maximum atomic E-state index is 14.2. The molecule has 1 aromatic carbocycles. The van der Waals surface area contributed by atoms with Gasteiger partial charge in [0.2, 0.25) is 0 Å². The zero-order valence-electron chi connectivity index (χ0n) is 14.5. The molecule has 2 aliphatic heterocycles. The van der Waals surface area contributed by atoms with Crippen molar-refractivity contribution in [1.82, 2.24) is 9.80 Å². The molecule has 0 aromatic heterocycles. The minimum absolute atomic E-state index is 0.108. The average molecular weight is 353 g/mol. The molecule has 3 rings (SSSR count). The first-order chi connectivity index (χ1) is 11.5. The Kier molecular flexibility index (Phi) is 5.60. The average Bonchev–Trinajstić information content (AvgIpc) is 2.92. The third-order valence-electron chi connectivity index (χ3n) is 4.91. The van der Waals surface area contributed by atoms with Crippen LogP contribution in [0.15, 0.2) is 29.8 Å². The van der Waals surface area contributed by atoms with E-state index in [1.165, 1.54) is 5.57 Å².